The molecule has 0 bridgehead atoms. The predicted octanol–water partition coefficient (Wildman–Crippen LogP) is 3.95. The van der Waals surface area contributed by atoms with Crippen LogP contribution in [0.2, 0.25) is 0 Å². The van der Waals surface area contributed by atoms with Crippen molar-refractivity contribution >= 4 is 5.69 Å². The monoisotopic (exact) mass is 250 g/mol. The molecular formula is C16H14N2O. The highest BCUT2D eigenvalue weighted by atomic mass is 16.3. The fourth-order valence-corrected chi connectivity index (χ4v) is 1.94. The Kier molecular flexibility index (Phi) is 3.28. The molecule has 0 fully saturated rings. The molecule has 3 aromatic rings. The number of rotatable bonds is 4. The molecule has 3 rings (SSSR count). The average Bonchev–Trinajstić information content (AvgIpc) is 3.01. The minimum atomic E-state index is 0.781. The summed E-state index contributed by atoms with van der Waals surface area (Å²) in [5, 5.41) is 3.40. The molecule has 0 amide bonds. The number of nitrogens with zero attached hydrogens (tertiary/aromatic N) is 1. The first kappa shape index (κ1) is 11.5. The molecule has 0 radical (unpaired) electrons. The van der Waals surface area contributed by atoms with Gasteiger partial charge >= 0.3 is 0 Å². The van der Waals surface area contributed by atoms with Gasteiger partial charge in [0.1, 0.15) is 0 Å². The van der Waals surface area contributed by atoms with Crippen LogP contribution in [0.25, 0.3) is 11.3 Å². The van der Waals surface area contributed by atoms with E-state index in [1.54, 1.807) is 6.20 Å². The lowest BCUT2D eigenvalue weighted by Gasteiger charge is -2.07. The fourth-order valence-electron chi connectivity index (χ4n) is 1.94. The molecule has 94 valence electrons. The topological polar surface area (TPSA) is 38.1 Å². The summed E-state index contributed by atoms with van der Waals surface area (Å²) in [7, 11) is 0. The van der Waals surface area contributed by atoms with Gasteiger partial charge in [0.25, 0.3) is 0 Å². The van der Waals surface area contributed by atoms with Gasteiger partial charge in [-0.15, -0.1) is 0 Å². The number of oxazole rings is 1. The van der Waals surface area contributed by atoms with Crippen LogP contribution in [0.3, 0.4) is 0 Å². The molecule has 2 aromatic carbocycles. The van der Waals surface area contributed by atoms with E-state index in [2.05, 4.69) is 28.5 Å². The molecule has 1 heterocycles. The lowest BCUT2D eigenvalue weighted by Crippen LogP contribution is -1.98. The summed E-state index contributed by atoms with van der Waals surface area (Å²) in [6, 6.07) is 18.4. The van der Waals surface area contributed by atoms with Gasteiger partial charge in [-0.3, -0.25) is 0 Å². The Labute approximate surface area is 111 Å². The van der Waals surface area contributed by atoms with Crippen LogP contribution >= 0.6 is 0 Å². The Morgan fingerprint density at radius 3 is 2.68 bits per heavy atom. The van der Waals surface area contributed by atoms with Gasteiger partial charge in [-0.1, -0.05) is 42.5 Å². The van der Waals surface area contributed by atoms with Crippen LogP contribution in [-0.2, 0) is 6.54 Å². The van der Waals surface area contributed by atoms with Crippen LogP contribution in [-0.4, -0.2) is 4.98 Å². The highest BCUT2D eigenvalue weighted by Crippen LogP contribution is 2.22. The summed E-state index contributed by atoms with van der Waals surface area (Å²) in [4.78, 5) is 3.93. The summed E-state index contributed by atoms with van der Waals surface area (Å²) >= 11 is 0. The molecule has 19 heavy (non-hydrogen) atoms. The quantitative estimate of drug-likeness (QED) is 0.761. The largest absolute Gasteiger partial charge is 0.444 e. The van der Waals surface area contributed by atoms with Crippen molar-refractivity contribution in [3.8, 4) is 11.3 Å². The Morgan fingerprint density at radius 1 is 1.00 bits per heavy atom. The van der Waals surface area contributed by atoms with E-state index in [-0.39, 0.29) is 0 Å². The SMILES string of the molecule is c1ccc(CNc2cccc(-c3cnco3)c2)cc1. The van der Waals surface area contributed by atoms with E-state index in [1.807, 2.05) is 36.4 Å². The van der Waals surface area contributed by atoms with Crippen LogP contribution in [0.5, 0.6) is 0 Å². The van der Waals surface area contributed by atoms with Gasteiger partial charge in [-0.2, -0.15) is 0 Å². The smallest absolute Gasteiger partial charge is 0.181 e. The van der Waals surface area contributed by atoms with Crippen molar-refractivity contribution in [2.45, 2.75) is 6.54 Å². The second-order valence-electron chi connectivity index (χ2n) is 4.29. The number of hydrogen-bond donors (Lipinski definition) is 1. The van der Waals surface area contributed by atoms with Crippen LogP contribution < -0.4 is 5.32 Å². The molecule has 1 aromatic heterocycles. The molecule has 0 unspecified atom stereocenters. The summed E-state index contributed by atoms with van der Waals surface area (Å²) < 4.78 is 5.30. The van der Waals surface area contributed by atoms with E-state index in [1.165, 1.54) is 12.0 Å². The van der Waals surface area contributed by atoms with E-state index in [4.69, 9.17) is 4.42 Å². The van der Waals surface area contributed by atoms with Gasteiger partial charge < -0.3 is 9.73 Å². The van der Waals surface area contributed by atoms with Crippen molar-refractivity contribution in [1.82, 2.24) is 4.98 Å². The first-order valence-electron chi connectivity index (χ1n) is 6.18. The predicted molar refractivity (Wildman–Crippen MR) is 75.7 cm³/mol. The van der Waals surface area contributed by atoms with Crippen molar-refractivity contribution in [2.75, 3.05) is 5.32 Å². The molecule has 0 saturated heterocycles. The Balaban J connectivity index is 1.74. The Hall–Kier alpha value is -2.55. The highest BCUT2D eigenvalue weighted by molar-refractivity contribution is 5.63. The lowest BCUT2D eigenvalue weighted by molar-refractivity contribution is 0.572. The first-order chi connectivity index (χ1) is 9.42. The zero-order chi connectivity index (χ0) is 12.9. The van der Waals surface area contributed by atoms with E-state index in [0.717, 1.165) is 23.6 Å². The highest BCUT2D eigenvalue weighted by Gasteiger charge is 2.02. The molecule has 0 spiro atoms. The molecule has 0 aliphatic carbocycles. The van der Waals surface area contributed by atoms with E-state index in [0.29, 0.717) is 0 Å². The number of hydrogen-bond acceptors (Lipinski definition) is 3. The zero-order valence-electron chi connectivity index (χ0n) is 10.4. The number of anilines is 1. The van der Waals surface area contributed by atoms with Crippen LogP contribution in [0, 0.1) is 0 Å². The fraction of sp³-hybridized carbons (Fsp3) is 0.0625. The van der Waals surface area contributed by atoms with Gasteiger partial charge in [0, 0.05) is 17.8 Å². The molecule has 3 heteroatoms. The molecular weight excluding hydrogens is 236 g/mol. The first-order valence-corrected chi connectivity index (χ1v) is 6.18. The molecule has 1 N–H and O–H groups in total. The minimum Gasteiger partial charge on any atom is -0.444 e. The summed E-state index contributed by atoms with van der Waals surface area (Å²) in [5.41, 5.74) is 3.35. The Bertz CT molecular complexity index is 633. The third-order valence-corrected chi connectivity index (χ3v) is 2.92. The van der Waals surface area contributed by atoms with Crippen LogP contribution in [0.4, 0.5) is 5.69 Å². The summed E-state index contributed by atoms with van der Waals surface area (Å²) in [6.07, 6.45) is 3.16. The molecule has 0 aliphatic heterocycles. The van der Waals surface area contributed by atoms with E-state index in [9.17, 15) is 0 Å². The van der Waals surface area contributed by atoms with Gasteiger partial charge in [0.2, 0.25) is 0 Å². The maximum absolute atomic E-state index is 5.30. The molecule has 0 saturated carbocycles. The second kappa shape index (κ2) is 5.40. The number of aromatic nitrogens is 1. The second-order valence-corrected chi connectivity index (χ2v) is 4.29. The standard InChI is InChI=1S/C16H14N2O/c1-2-5-13(6-3-1)10-18-15-8-4-7-14(9-15)16-11-17-12-19-16/h1-9,11-12,18H,10H2. The summed E-state index contributed by atoms with van der Waals surface area (Å²) in [5.74, 6) is 0.781. The van der Waals surface area contributed by atoms with Crippen LogP contribution in [0.15, 0.2) is 71.6 Å². The van der Waals surface area contributed by atoms with Crippen molar-refractivity contribution in [3.63, 3.8) is 0 Å². The Morgan fingerprint density at radius 2 is 1.89 bits per heavy atom. The van der Waals surface area contributed by atoms with Crippen molar-refractivity contribution < 1.29 is 4.42 Å². The van der Waals surface area contributed by atoms with Gasteiger partial charge in [0.15, 0.2) is 12.2 Å². The average molecular weight is 250 g/mol. The van der Waals surface area contributed by atoms with Crippen molar-refractivity contribution in [2.24, 2.45) is 0 Å². The van der Waals surface area contributed by atoms with Gasteiger partial charge in [-0.25, -0.2) is 4.98 Å². The van der Waals surface area contributed by atoms with Crippen LogP contribution in [0.1, 0.15) is 5.56 Å². The summed E-state index contributed by atoms with van der Waals surface area (Å²) in [6.45, 7) is 0.806. The maximum Gasteiger partial charge on any atom is 0.181 e. The van der Waals surface area contributed by atoms with Gasteiger partial charge in [0.05, 0.1) is 6.20 Å². The zero-order valence-corrected chi connectivity index (χ0v) is 10.4. The van der Waals surface area contributed by atoms with E-state index >= 15 is 0 Å². The minimum absolute atomic E-state index is 0.781. The third-order valence-electron chi connectivity index (χ3n) is 2.92. The number of nitrogens with one attached hydrogen (secondary N) is 1. The van der Waals surface area contributed by atoms with Gasteiger partial charge in [-0.05, 0) is 17.7 Å². The van der Waals surface area contributed by atoms with Crippen molar-refractivity contribution in [1.29, 1.82) is 0 Å². The maximum atomic E-state index is 5.30. The lowest BCUT2D eigenvalue weighted by atomic mass is 10.1. The molecule has 0 aliphatic rings. The number of benzene rings is 2. The normalized spacial score (nSPS) is 10.3. The molecule has 0 atom stereocenters. The van der Waals surface area contributed by atoms with Crippen molar-refractivity contribution in [3.05, 3.63) is 72.8 Å². The third kappa shape index (κ3) is 2.83. The molecule has 3 nitrogen and oxygen atoms in total. The van der Waals surface area contributed by atoms with E-state index < -0.39 is 0 Å².